The summed E-state index contributed by atoms with van der Waals surface area (Å²) in [5, 5.41) is 2.81. The molecule has 0 amide bonds. The zero-order valence-corrected chi connectivity index (χ0v) is 14.5. The maximum absolute atomic E-state index is 12.0. The van der Waals surface area contributed by atoms with Gasteiger partial charge in [0.15, 0.2) is 5.96 Å². The van der Waals surface area contributed by atoms with Gasteiger partial charge in [-0.1, -0.05) is 26.2 Å². The third-order valence-corrected chi connectivity index (χ3v) is 2.54. The molecule has 0 radical (unpaired) electrons. The van der Waals surface area contributed by atoms with Gasteiger partial charge in [-0.15, -0.1) is 24.0 Å². The van der Waals surface area contributed by atoms with E-state index in [1.54, 1.807) is 0 Å². The Balaban J connectivity index is 0. The van der Waals surface area contributed by atoms with Crippen molar-refractivity contribution < 1.29 is 13.2 Å². The first kappa shape index (κ1) is 22.0. The van der Waals surface area contributed by atoms with Gasteiger partial charge in [0.1, 0.15) is 0 Å². The van der Waals surface area contributed by atoms with Crippen LogP contribution >= 0.6 is 24.0 Å². The first-order valence-electron chi connectivity index (χ1n) is 6.64. The van der Waals surface area contributed by atoms with Gasteiger partial charge in [0, 0.05) is 19.6 Å². The molecule has 0 bridgehead atoms. The average molecular weight is 410 g/mol. The molecular weight excluding hydrogens is 384 g/mol. The van der Waals surface area contributed by atoms with Gasteiger partial charge in [-0.3, -0.25) is 9.89 Å². The van der Waals surface area contributed by atoms with E-state index in [1.165, 1.54) is 24.8 Å². The van der Waals surface area contributed by atoms with E-state index in [9.17, 15) is 13.2 Å². The molecule has 0 aliphatic rings. The number of nitrogens with zero attached hydrogens (tertiary/aromatic N) is 2. The summed E-state index contributed by atoms with van der Waals surface area (Å²) in [5.41, 5.74) is 5.60. The standard InChI is InChI=1S/C12H25F3N4.HI/c1-3-4-5-6-7-17-11(16)18-8-9-19(2)10-12(13,14)15;/h3-10H2,1-2H3,(H3,16,17,18);1H. The van der Waals surface area contributed by atoms with Crippen molar-refractivity contribution >= 4 is 29.9 Å². The summed E-state index contributed by atoms with van der Waals surface area (Å²) in [6.45, 7) is 2.51. The first-order valence-corrected chi connectivity index (χ1v) is 6.64. The normalized spacial score (nSPS) is 12.4. The van der Waals surface area contributed by atoms with Gasteiger partial charge in [0.25, 0.3) is 0 Å². The first-order chi connectivity index (χ1) is 8.85. The molecular formula is C12H26F3IN4. The Morgan fingerprint density at radius 2 is 1.90 bits per heavy atom. The smallest absolute Gasteiger partial charge is 0.370 e. The fourth-order valence-corrected chi connectivity index (χ4v) is 1.55. The van der Waals surface area contributed by atoms with E-state index in [1.807, 2.05) is 0 Å². The summed E-state index contributed by atoms with van der Waals surface area (Å²) in [5.74, 6) is 0.303. The second-order valence-corrected chi connectivity index (χ2v) is 4.61. The largest absolute Gasteiger partial charge is 0.401 e. The highest BCUT2D eigenvalue weighted by molar-refractivity contribution is 14.0. The Kier molecular flexibility index (Phi) is 13.8. The minimum atomic E-state index is -4.16. The third-order valence-electron chi connectivity index (χ3n) is 2.54. The van der Waals surface area contributed by atoms with Crippen LogP contribution < -0.4 is 11.1 Å². The van der Waals surface area contributed by atoms with Crippen LogP contribution in [0.5, 0.6) is 0 Å². The van der Waals surface area contributed by atoms with E-state index in [0.717, 1.165) is 12.8 Å². The van der Waals surface area contributed by atoms with Gasteiger partial charge in [-0.05, 0) is 13.5 Å². The molecule has 0 fully saturated rings. The summed E-state index contributed by atoms with van der Waals surface area (Å²) in [4.78, 5) is 5.31. The highest BCUT2D eigenvalue weighted by Gasteiger charge is 2.28. The van der Waals surface area contributed by atoms with Gasteiger partial charge in [0.05, 0.1) is 6.54 Å². The van der Waals surface area contributed by atoms with E-state index in [0.29, 0.717) is 19.0 Å². The number of rotatable bonds is 9. The van der Waals surface area contributed by atoms with Crippen molar-refractivity contribution in [1.82, 2.24) is 10.2 Å². The van der Waals surface area contributed by atoms with Crippen molar-refractivity contribution in [2.24, 2.45) is 10.7 Å². The number of nitrogens with two attached hydrogens (primary N) is 1. The quantitative estimate of drug-likeness (QED) is 0.266. The molecule has 0 saturated carbocycles. The van der Waals surface area contributed by atoms with E-state index >= 15 is 0 Å². The van der Waals surface area contributed by atoms with E-state index < -0.39 is 12.7 Å². The van der Waals surface area contributed by atoms with E-state index in [2.05, 4.69) is 17.2 Å². The fraction of sp³-hybridized carbons (Fsp3) is 0.917. The SMILES string of the molecule is CCCCCCN=C(N)NCCN(C)CC(F)(F)F.I. The summed E-state index contributed by atoms with van der Waals surface area (Å²) in [6, 6.07) is 0. The van der Waals surface area contributed by atoms with Crippen molar-refractivity contribution in [2.75, 3.05) is 33.2 Å². The van der Waals surface area contributed by atoms with Crippen LogP contribution in [0.1, 0.15) is 32.6 Å². The second kappa shape index (κ2) is 12.5. The Hall–Kier alpha value is -0.250. The molecule has 8 heteroatoms. The lowest BCUT2D eigenvalue weighted by Gasteiger charge is -2.18. The maximum Gasteiger partial charge on any atom is 0.401 e. The molecule has 0 aromatic heterocycles. The fourth-order valence-electron chi connectivity index (χ4n) is 1.55. The summed E-state index contributed by atoms with van der Waals surface area (Å²) < 4.78 is 36.1. The van der Waals surface area contributed by atoms with Crippen molar-refractivity contribution in [2.45, 2.75) is 38.8 Å². The molecule has 0 unspecified atom stereocenters. The van der Waals surface area contributed by atoms with Gasteiger partial charge < -0.3 is 11.1 Å². The molecule has 0 aromatic rings. The number of alkyl halides is 3. The molecule has 3 N–H and O–H groups in total. The molecule has 0 aliphatic heterocycles. The number of likely N-dealkylation sites (N-methyl/N-ethyl adjacent to an activating group) is 1. The third kappa shape index (κ3) is 15.8. The van der Waals surface area contributed by atoms with Crippen LogP contribution in [0.3, 0.4) is 0 Å². The zero-order chi connectivity index (χ0) is 14.7. The van der Waals surface area contributed by atoms with Gasteiger partial charge >= 0.3 is 6.18 Å². The number of aliphatic imine (C=N–C) groups is 1. The summed E-state index contributed by atoms with van der Waals surface area (Å²) in [6.07, 6.45) is 0.313. The Morgan fingerprint density at radius 1 is 1.25 bits per heavy atom. The van der Waals surface area contributed by atoms with Crippen LogP contribution in [-0.4, -0.2) is 50.3 Å². The number of unbranched alkanes of at least 4 members (excludes halogenated alkanes) is 3. The summed E-state index contributed by atoms with van der Waals surface area (Å²) >= 11 is 0. The van der Waals surface area contributed by atoms with Crippen molar-refractivity contribution in [3.8, 4) is 0 Å². The van der Waals surface area contributed by atoms with Gasteiger partial charge in [0.2, 0.25) is 0 Å². The molecule has 4 nitrogen and oxygen atoms in total. The Bertz CT molecular complexity index is 260. The van der Waals surface area contributed by atoms with Crippen LogP contribution in [-0.2, 0) is 0 Å². The lowest BCUT2D eigenvalue weighted by atomic mass is 10.2. The highest BCUT2D eigenvalue weighted by Crippen LogP contribution is 2.14. The zero-order valence-electron chi connectivity index (χ0n) is 12.2. The minimum Gasteiger partial charge on any atom is -0.370 e. The van der Waals surface area contributed by atoms with Crippen LogP contribution in [0.4, 0.5) is 13.2 Å². The molecule has 0 aromatic carbocycles. The van der Waals surface area contributed by atoms with Crippen molar-refractivity contribution in [1.29, 1.82) is 0 Å². The molecule has 122 valence electrons. The monoisotopic (exact) mass is 410 g/mol. The molecule has 0 rings (SSSR count). The molecule has 0 aliphatic carbocycles. The molecule has 0 saturated heterocycles. The average Bonchev–Trinajstić information content (AvgIpc) is 2.26. The predicted molar refractivity (Wildman–Crippen MR) is 87.6 cm³/mol. The molecule has 0 atom stereocenters. The van der Waals surface area contributed by atoms with Gasteiger partial charge in [-0.25, -0.2) is 0 Å². The number of hydrogen-bond acceptors (Lipinski definition) is 2. The predicted octanol–water partition coefficient (Wildman–Crippen LogP) is 2.58. The molecule has 0 spiro atoms. The lowest BCUT2D eigenvalue weighted by Crippen LogP contribution is -2.40. The van der Waals surface area contributed by atoms with Crippen LogP contribution in [0.2, 0.25) is 0 Å². The highest BCUT2D eigenvalue weighted by atomic mass is 127. The number of guanidine groups is 1. The number of halogens is 4. The topological polar surface area (TPSA) is 53.6 Å². The Labute approximate surface area is 136 Å². The second-order valence-electron chi connectivity index (χ2n) is 4.61. The molecule has 0 heterocycles. The van der Waals surface area contributed by atoms with Crippen LogP contribution in [0.15, 0.2) is 4.99 Å². The maximum atomic E-state index is 12.0. The van der Waals surface area contributed by atoms with Crippen molar-refractivity contribution in [3.05, 3.63) is 0 Å². The van der Waals surface area contributed by atoms with Crippen LogP contribution in [0.25, 0.3) is 0 Å². The lowest BCUT2D eigenvalue weighted by molar-refractivity contribution is -0.142. The molecule has 20 heavy (non-hydrogen) atoms. The van der Waals surface area contributed by atoms with Gasteiger partial charge in [-0.2, -0.15) is 13.2 Å². The summed E-state index contributed by atoms with van der Waals surface area (Å²) in [7, 11) is 1.42. The van der Waals surface area contributed by atoms with Crippen molar-refractivity contribution in [3.63, 3.8) is 0 Å². The Morgan fingerprint density at radius 3 is 2.45 bits per heavy atom. The van der Waals surface area contributed by atoms with Crippen LogP contribution in [0, 0.1) is 0 Å². The minimum absolute atomic E-state index is 0. The number of nitrogens with one attached hydrogen (secondary N) is 1. The van der Waals surface area contributed by atoms with E-state index in [-0.39, 0.29) is 30.5 Å². The number of hydrogen-bond donors (Lipinski definition) is 2. The van der Waals surface area contributed by atoms with E-state index in [4.69, 9.17) is 5.73 Å².